The topological polar surface area (TPSA) is 136 Å². The molecule has 0 radical (unpaired) electrons. The maximum Gasteiger partial charge on any atom is 0.224 e. The summed E-state index contributed by atoms with van der Waals surface area (Å²) in [5.41, 5.74) is 2.37. The monoisotopic (exact) mass is 498 g/mol. The fraction of sp³-hybridized carbons (Fsp3) is 0.600. The van der Waals surface area contributed by atoms with E-state index < -0.39 is 23.9 Å². The Bertz CT molecular complexity index is 1220. The van der Waals surface area contributed by atoms with Gasteiger partial charge in [-0.2, -0.15) is 4.98 Å². The van der Waals surface area contributed by atoms with Gasteiger partial charge in [0.15, 0.2) is 0 Å². The molecule has 2 fully saturated rings. The van der Waals surface area contributed by atoms with Gasteiger partial charge in [0, 0.05) is 12.7 Å². The minimum Gasteiger partial charge on any atom is -0.390 e. The lowest BCUT2D eigenvalue weighted by molar-refractivity contribution is -0.0132. The normalized spacial score (nSPS) is 24.8. The highest BCUT2D eigenvalue weighted by molar-refractivity contribution is 7.21. The largest absolute Gasteiger partial charge is 0.390 e. The summed E-state index contributed by atoms with van der Waals surface area (Å²) in [5.74, 6) is 1.57. The number of aromatic nitrogens is 4. The number of pyridine rings is 1. The van der Waals surface area contributed by atoms with Crippen LogP contribution in [0.15, 0.2) is 12.3 Å². The second-order valence-electron chi connectivity index (χ2n) is 10.7. The van der Waals surface area contributed by atoms with Crippen molar-refractivity contribution in [3.63, 3.8) is 0 Å². The van der Waals surface area contributed by atoms with Crippen LogP contribution >= 0.6 is 11.3 Å². The van der Waals surface area contributed by atoms with Gasteiger partial charge in [-0.05, 0) is 71.3 Å². The Hall–Kier alpha value is -2.40. The summed E-state index contributed by atoms with van der Waals surface area (Å²) in [6, 6.07) is 1.54. The van der Waals surface area contributed by atoms with E-state index in [1.165, 1.54) is 12.8 Å². The fourth-order valence-corrected chi connectivity index (χ4v) is 6.06. The highest BCUT2D eigenvalue weighted by Gasteiger charge is 2.43. The molecule has 0 aromatic carbocycles. The summed E-state index contributed by atoms with van der Waals surface area (Å²) in [5, 5.41) is 39.3. The fourth-order valence-electron chi connectivity index (χ4n) is 4.95. The van der Waals surface area contributed by atoms with Crippen LogP contribution in [-0.4, -0.2) is 65.7 Å². The molecule has 9 nitrogen and oxygen atoms in total. The van der Waals surface area contributed by atoms with Crippen molar-refractivity contribution in [1.29, 1.82) is 0 Å². The molecule has 3 aromatic heterocycles. The summed E-state index contributed by atoms with van der Waals surface area (Å²) in [6.45, 7) is 8.17. The van der Waals surface area contributed by atoms with Gasteiger partial charge in [-0.25, -0.2) is 9.97 Å². The Kier molecular flexibility index (Phi) is 6.41. The van der Waals surface area contributed by atoms with Crippen LogP contribution in [0.4, 0.5) is 11.8 Å². The van der Waals surface area contributed by atoms with Crippen LogP contribution in [0.25, 0.3) is 20.8 Å². The molecule has 0 aliphatic heterocycles. The van der Waals surface area contributed by atoms with Crippen LogP contribution < -0.4 is 10.6 Å². The first kappa shape index (κ1) is 24.3. The highest BCUT2D eigenvalue weighted by Crippen LogP contribution is 2.40. The Morgan fingerprint density at radius 3 is 2.54 bits per heavy atom. The maximum absolute atomic E-state index is 10.8. The summed E-state index contributed by atoms with van der Waals surface area (Å²) >= 11 is 1.56. The van der Waals surface area contributed by atoms with E-state index in [9.17, 15) is 15.3 Å². The standard InChI is InChI=1S/C25H34N6O3S/c1-12-18(23-30-19-13(2)26-8-7-17(19)35-23)22(31-24(28-12)27-11-14-5-6-14)29-16-9-15(10-25(3,4)34)20(32)21(16)33/h7-8,14-16,20-21,32-34H,5-6,9-11H2,1-4H3,(H2,27,28,29,31)/t15-,16?,20-,21+/m1/s1. The zero-order valence-electron chi connectivity index (χ0n) is 20.6. The van der Waals surface area contributed by atoms with Gasteiger partial charge in [0.1, 0.15) is 22.4 Å². The average Bonchev–Trinajstić information content (AvgIpc) is 3.45. The molecule has 2 saturated carbocycles. The number of anilines is 2. The first-order chi connectivity index (χ1) is 16.6. The number of aryl methyl sites for hydroxylation is 2. The van der Waals surface area contributed by atoms with Crippen molar-refractivity contribution in [2.75, 3.05) is 17.2 Å². The van der Waals surface area contributed by atoms with Crippen molar-refractivity contribution < 1.29 is 15.3 Å². The van der Waals surface area contributed by atoms with Crippen molar-refractivity contribution in [2.24, 2.45) is 11.8 Å². The lowest BCUT2D eigenvalue weighted by Gasteiger charge is -2.24. The molecule has 1 unspecified atom stereocenters. The van der Waals surface area contributed by atoms with Crippen LogP contribution in [0.3, 0.4) is 0 Å². The van der Waals surface area contributed by atoms with E-state index in [0.29, 0.717) is 30.5 Å². The maximum atomic E-state index is 10.8. The van der Waals surface area contributed by atoms with Crippen molar-refractivity contribution in [3.05, 3.63) is 23.7 Å². The third-order valence-corrected chi connectivity index (χ3v) is 7.96. The minimum atomic E-state index is -0.977. The molecule has 10 heteroatoms. The molecule has 188 valence electrons. The summed E-state index contributed by atoms with van der Waals surface area (Å²) in [7, 11) is 0. The zero-order valence-corrected chi connectivity index (χ0v) is 21.4. The van der Waals surface area contributed by atoms with Crippen LogP contribution in [-0.2, 0) is 0 Å². The Morgan fingerprint density at radius 2 is 1.86 bits per heavy atom. The molecular formula is C25H34N6O3S. The average molecular weight is 499 g/mol. The predicted molar refractivity (Wildman–Crippen MR) is 138 cm³/mol. The van der Waals surface area contributed by atoms with E-state index in [2.05, 4.69) is 15.6 Å². The number of thiazole rings is 1. The molecule has 0 saturated heterocycles. The van der Waals surface area contributed by atoms with Crippen LogP contribution in [0, 0.1) is 25.7 Å². The third-order valence-electron chi connectivity index (χ3n) is 6.93. The zero-order chi connectivity index (χ0) is 24.9. The number of nitrogens with zero attached hydrogens (tertiary/aromatic N) is 4. The lowest BCUT2D eigenvalue weighted by Crippen LogP contribution is -2.36. The molecule has 2 aliphatic rings. The van der Waals surface area contributed by atoms with Crippen molar-refractivity contribution in [1.82, 2.24) is 19.9 Å². The number of aliphatic hydroxyl groups is 3. The van der Waals surface area contributed by atoms with Crippen molar-refractivity contribution >= 4 is 33.3 Å². The van der Waals surface area contributed by atoms with Gasteiger partial charge in [0.25, 0.3) is 0 Å². The number of nitrogens with one attached hydrogen (secondary N) is 2. The number of rotatable bonds is 8. The Balaban J connectivity index is 1.50. The summed E-state index contributed by atoms with van der Waals surface area (Å²) in [6.07, 6.45) is 3.25. The Labute approximate surface area is 209 Å². The van der Waals surface area contributed by atoms with E-state index in [1.54, 1.807) is 31.4 Å². The van der Waals surface area contributed by atoms with Crippen LogP contribution in [0.5, 0.6) is 0 Å². The molecule has 5 N–H and O–H groups in total. The highest BCUT2D eigenvalue weighted by atomic mass is 32.1. The van der Waals surface area contributed by atoms with Crippen molar-refractivity contribution in [3.8, 4) is 10.6 Å². The summed E-state index contributed by atoms with van der Waals surface area (Å²) in [4.78, 5) is 18.7. The van der Waals surface area contributed by atoms with Gasteiger partial charge < -0.3 is 26.0 Å². The molecule has 4 atom stereocenters. The number of hydrogen-bond acceptors (Lipinski definition) is 10. The van der Waals surface area contributed by atoms with Gasteiger partial charge in [0.05, 0.1) is 39.4 Å². The number of fused-ring (bicyclic) bond motifs is 1. The smallest absolute Gasteiger partial charge is 0.224 e. The lowest BCUT2D eigenvalue weighted by atomic mass is 9.91. The SMILES string of the molecule is Cc1nc(NCC2CC2)nc(NC2C[C@H](CC(C)(C)O)[C@@H](O)[C@H]2O)c1-c1nc2c(C)nccc2s1. The number of hydrogen-bond donors (Lipinski definition) is 5. The molecule has 0 bridgehead atoms. The quantitative estimate of drug-likeness (QED) is 0.317. The van der Waals surface area contributed by atoms with Crippen molar-refractivity contribution in [2.45, 2.75) is 77.2 Å². The second kappa shape index (κ2) is 9.24. The third kappa shape index (κ3) is 5.25. The molecule has 3 aromatic rings. The molecule has 0 spiro atoms. The summed E-state index contributed by atoms with van der Waals surface area (Å²) < 4.78 is 1.04. The first-order valence-electron chi connectivity index (χ1n) is 12.3. The van der Waals surface area contributed by atoms with Gasteiger partial charge >= 0.3 is 0 Å². The van der Waals surface area contributed by atoms with Crippen LogP contribution in [0.1, 0.15) is 50.9 Å². The van der Waals surface area contributed by atoms with E-state index in [-0.39, 0.29) is 5.92 Å². The van der Waals surface area contributed by atoms with Gasteiger partial charge in [0.2, 0.25) is 5.95 Å². The van der Waals surface area contributed by atoms with E-state index in [1.807, 2.05) is 19.9 Å². The van der Waals surface area contributed by atoms with Gasteiger partial charge in [-0.15, -0.1) is 11.3 Å². The Morgan fingerprint density at radius 1 is 1.09 bits per heavy atom. The van der Waals surface area contributed by atoms with E-state index in [4.69, 9.17) is 15.0 Å². The molecule has 35 heavy (non-hydrogen) atoms. The van der Waals surface area contributed by atoms with E-state index >= 15 is 0 Å². The molecule has 0 amide bonds. The molecular weight excluding hydrogens is 464 g/mol. The minimum absolute atomic E-state index is 0.225. The second-order valence-corrected chi connectivity index (χ2v) is 11.7. The number of aliphatic hydroxyl groups excluding tert-OH is 2. The van der Waals surface area contributed by atoms with E-state index in [0.717, 1.165) is 38.7 Å². The predicted octanol–water partition coefficient (Wildman–Crippen LogP) is 3.27. The van der Waals surface area contributed by atoms with Crippen LogP contribution in [0.2, 0.25) is 0 Å². The van der Waals surface area contributed by atoms with Gasteiger partial charge in [-0.1, -0.05) is 0 Å². The molecule has 3 heterocycles. The van der Waals surface area contributed by atoms with Gasteiger partial charge in [-0.3, -0.25) is 4.98 Å². The first-order valence-corrected chi connectivity index (χ1v) is 13.1. The molecule has 5 rings (SSSR count). The molecule has 2 aliphatic carbocycles.